The quantitative estimate of drug-likeness (QED) is 0.461. The number of ether oxygens (including phenoxy) is 3. The molecule has 0 aliphatic carbocycles. The fourth-order valence-corrected chi connectivity index (χ4v) is 3.57. The maximum absolute atomic E-state index is 13.3. The summed E-state index contributed by atoms with van der Waals surface area (Å²) in [5.74, 6) is 0.991. The highest BCUT2D eigenvalue weighted by Gasteiger charge is 2.25. The third-order valence-electron chi connectivity index (χ3n) is 5.19. The lowest BCUT2D eigenvalue weighted by atomic mass is 10.1. The molecule has 0 spiro atoms. The summed E-state index contributed by atoms with van der Waals surface area (Å²) in [6.07, 6.45) is 0. The van der Waals surface area contributed by atoms with E-state index in [0.29, 0.717) is 24.6 Å². The van der Waals surface area contributed by atoms with E-state index in [0.717, 1.165) is 5.56 Å². The number of amides is 1. The lowest BCUT2D eigenvalue weighted by Gasteiger charge is -2.27. The van der Waals surface area contributed by atoms with Crippen LogP contribution >= 0.6 is 0 Å². The molecule has 0 fully saturated rings. The van der Waals surface area contributed by atoms with Gasteiger partial charge in [-0.3, -0.25) is 24.0 Å². The molecule has 11 heteroatoms. The monoisotopic (exact) mass is 477 g/mol. The summed E-state index contributed by atoms with van der Waals surface area (Å²) in [6.45, 7) is 4.83. The number of aromatic amines is 1. The molecule has 2 rings (SSSR count). The number of nitrogens with two attached hydrogens (primary N) is 1. The van der Waals surface area contributed by atoms with E-state index in [9.17, 15) is 14.4 Å². The van der Waals surface area contributed by atoms with Gasteiger partial charge in [0.15, 0.2) is 5.69 Å². The van der Waals surface area contributed by atoms with Crippen LogP contribution in [0.4, 0.5) is 11.5 Å². The minimum absolute atomic E-state index is 0.0128. The lowest BCUT2D eigenvalue weighted by Crippen LogP contribution is -2.46. The molecule has 0 saturated carbocycles. The number of carbonyl (C=O) groups excluding carboxylic acids is 1. The number of nitrogen functional groups attached to an aromatic ring is 1. The molecular weight excluding hydrogens is 442 g/mol. The Morgan fingerprint density at radius 2 is 1.88 bits per heavy atom. The maximum Gasteiger partial charge on any atom is 0.330 e. The smallest absolute Gasteiger partial charge is 0.330 e. The van der Waals surface area contributed by atoms with Gasteiger partial charge in [-0.1, -0.05) is 19.9 Å². The second-order valence-corrected chi connectivity index (χ2v) is 8.39. The molecule has 0 atom stereocenters. The molecule has 1 aromatic heterocycles. The maximum atomic E-state index is 13.3. The minimum atomic E-state index is -0.716. The molecule has 11 nitrogen and oxygen atoms in total. The summed E-state index contributed by atoms with van der Waals surface area (Å²) in [5, 5.41) is 0. The van der Waals surface area contributed by atoms with Gasteiger partial charge in [0, 0.05) is 38.4 Å². The molecule has 3 N–H and O–H groups in total. The van der Waals surface area contributed by atoms with Crippen molar-refractivity contribution in [3.05, 3.63) is 44.6 Å². The van der Waals surface area contributed by atoms with Gasteiger partial charge in [-0.15, -0.1) is 0 Å². The number of benzene rings is 1. The Bertz CT molecular complexity index is 1090. The van der Waals surface area contributed by atoms with Crippen LogP contribution in [0.2, 0.25) is 0 Å². The fourth-order valence-electron chi connectivity index (χ4n) is 3.57. The van der Waals surface area contributed by atoms with Crippen LogP contribution in [-0.4, -0.2) is 68.4 Å². The molecular formula is C23H35N5O6. The van der Waals surface area contributed by atoms with Crippen molar-refractivity contribution >= 4 is 17.4 Å². The van der Waals surface area contributed by atoms with E-state index >= 15 is 0 Å². The summed E-state index contributed by atoms with van der Waals surface area (Å²) >= 11 is 0. The van der Waals surface area contributed by atoms with Gasteiger partial charge in [0.2, 0.25) is 5.91 Å². The molecule has 188 valence electrons. The molecule has 0 unspecified atom stereocenters. The number of likely N-dealkylation sites (N-methyl/N-ethyl adjacent to an activating group) is 1. The van der Waals surface area contributed by atoms with Gasteiger partial charge < -0.3 is 24.8 Å². The Hall–Kier alpha value is -3.31. The predicted octanol–water partition coefficient (Wildman–Crippen LogP) is 0.903. The Morgan fingerprint density at radius 3 is 2.47 bits per heavy atom. The molecule has 1 heterocycles. The van der Waals surface area contributed by atoms with Crippen molar-refractivity contribution in [3.8, 4) is 11.5 Å². The zero-order valence-corrected chi connectivity index (χ0v) is 20.7. The van der Waals surface area contributed by atoms with Gasteiger partial charge in [-0.2, -0.15) is 0 Å². The SMILES string of the molecule is COCCN(C(=O)CN(C)Cc1ccc(OC)cc1OC)c1c(N)n(CC(C)C)c(=O)[nH]c1=O. The molecule has 0 saturated heterocycles. The van der Waals surface area contributed by atoms with Gasteiger partial charge in [0.1, 0.15) is 17.3 Å². The Kier molecular flexibility index (Phi) is 9.69. The fraction of sp³-hybridized carbons (Fsp3) is 0.522. The topological polar surface area (TPSA) is 132 Å². The number of hydrogen-bond donors (Lipinski definition) is 2. The summed E-state index contributed by atoms with van der Waals surface area (Å²) in [5.41, 5.74) is 5.71. The molecule has 0 aliphatic rings. The minimum Gasteiger partial charge on any atom is -0.497 e. The van der Waals surface area contributed by atoms with Gasteiger partial charge >= 0.3 is 5.69 Å². The van der Waals surface area contributed by atoms with Crippen LogP contribution in [0.3, 0.4) is 0 Å². The standard InChI is InChI=1S/C23H35N5O6/c1-15(2)12-28-21(24)20(22(30)25-23(28)31)27(9-10-32-4)19(29)14-26(3)13-16-7-8-17(33-5)11-18(16)34-6/h7-8,11,15H,9-10,12-14,24H2,1-6H3,(H,25,30,31). The molecule has 2 aromatic rings. The highest BCUT2D eigenvalue weighted by Crippen LogP contribution is 2.25. The number of carbonyl (C=O) groups is 1. The second kappa shape index (κ2) is 12.2. The molecule has 0 aliphatic heterocycles. The van der Waals surface area contributed by atoms with Crippen molar-refractivity contribution in [2.24, 2.45) is 5.92 Å². The largest absolute Gasteiger partial charge is 0.497 e. The van der Waals surface area contributed by atoms with Crippen molar-refractivity contribution < 1.29 is 19.0 Å². The first-order valence-electron chi connectivity index (χ1n) is 10.9. The number of methoxy groups -OCH3 is 3. The third kappa shape index (κ3) is 6.61. The van der Waals surface area contributed by atoms with Crippen molar-refractivity contribution in [1.29, 1.82) is 0 Å². The molecule has 34 heavy (non-hydrogen) atoms. The lowest BCUT2D eigenvalue weighted by molar-refractivity contribution is -0.119. The van der Waals surface area contributed by atoms with E-state index in [1.165, 1.54) is 16.6 Å². The highest BCUT2D eigenvalue weighted by molar-refractivity contribution is 5.96. The van der Waals surface area contributed by atoms with E-state index < -0.39 is 11.2 Å². The summed E-state index contributed by atoms with van der Waals surface area (Å²) in [4.78, 5) is 43.7. The zero-order chi connectivity index (χ0) is 25.4. The Balaban J connectivity index is 2.33. The predicted molar refractivity (Wildman–Crippen MR) is 131 cm³/mol. The number of anilines is 2. The van der Waals surface area contributed by atoms with E-state index in [-0.39, 0.29) is 43.0 Å². The molecule has 0 bridgehead atoms. The van der Waals surface area contributed by atoms with E-state index in [2.05, 4.69) is 4.98 Å². The average Bonchev–Trinajstić information content (AvgIpc) is 2.78. The van der Waals surface area contributed by atoms with Crippen molar-refractivity contribution in [1.82, 2.24) is 14.5 Å². The van der Waals surface area contributed by atoms with Crippen LogP contribution in [0.5, 0.6) is 11.5 Å². The number of nitrogens with zero attached hydrogens (tertiary/aromatic N) is 3. The van der Waals surface area contributed by atoms with Crippen molar-refractivity contribution in [2.45, 2.75) is 26.9 Å². The number of H-pyrrole nitrogens is 1. The second-order valence-electron chi connectivity index (χ2n) is 8.39. The molecule has 0 radical (unpaired) electrons. The highest BCUT2D eigenvalue weighted by atomic mass is 16.5. The van der Waals surface area contributed by atoms with Crippen LogP contribution in [0.25, 0.3) is 0 Å². The van der Waals surface area contributed by atoms with Gasteiger partial charge in [0.05, 0.1) is 27.4 Å². The number of nitrogens with one attached hydrogen (secondary N) is 1. The van der Waals surface area contributed by atoms with Crippen LogP contribution in [0.1, 0.15) is 19.4 Å². The summed E-state index contributed by atoms with van der Waals surface area (Å²) in [7, 11) is 6.42. The first-order valence-corrected chi connectivity index (χ1v) is 10.9. The first-order chi connectivity index (χ1) is 16.1. The van der Waals surface area contributed by atoms with Gasteiger partial charge in [-0.05, 0) is 19.0 Å². The first kappa shape index (κ1) is 26.9. The number of aromatic nitrogens is 2. The van der Waals surface area contributed by atoms with Crippen LogP contribution in [0, 0.1) is 5.92 Å². The van der Waals surface area contributed by atoms with Crippen molar-refractivity contribution in [2.75, 3.05) is 58.7 Å². The summed E-state index contributed by atoms with van der Waals surface area (Å²) in [6, 6.07) is 5.45. The van der Waals surface area contributed by atoms with Gasteiger partial charge in [-0.25, -0.2) is 4.79 Å². The average molecular weight is 478 g/mol. The van der Waals surface area contributed by atoms with E-state index in [4.69, 9.17) is 19.9 Å². The van der Waals surface area contributed by atoms with E-state index in [1.807, 2.05) is 26.0 Å². The van der Waals surface area contributed by atoms with Crippen molar-refractivity contribution in [3.63, 3.8) is 0 Å². The number of rotatable bonds is 12. The van der Waals surface area contributed by atoms with E-state index in [1.54, 1.807) is 32.2 Å². The van der Waals surface area contributed by atoms with Crippen LogP contribution < -0.4 is 31.4 Å². The van der Waals surface area contributed by atoms with Gasteiger partial charge in [0.25, 0.3) is 5.56 Å². The van der Waals surface area contributed by atoms with Crippen LogP contribution in [0.15, 0.2) is 27.8 Å². The summed E-state index contributed by atoms with van der Waals surface area (Å²) < 4.78 is 17.1. The Morgan fingerprint density at radius 1 is 1.18 bits per heavy atom. The Labute approximate surface area is 199 Å². The molecule has 1 amide bonds. The van der Waals surface area contributed by atoms with Crippen LogP contribution in [-0.2, 0) is 22.6 Å². The number of hydrogen-bond acceptors (Lipinski definition) is 8. The third-order valence-corrected chi connectivity index (χ3v) is 5.19. The zero-order valence-electron chi connectivity index (χ0n) is 20.7. The normalized spacial score (nSPS) is 11.2. The molecule has 1 aromatic carbocycles.